The second-order valence-electron chi connectivity index (χ2n) is 7.78. The zero-order valence-corrected chi connectivity index (χ0v) is 18.0. The molecule has 1 aliphatic rings. The van der Waals surface area contributed by atoms with Crippen molar-refractivity contribution in [1.29, 1.82) is 0 Å². The van der Waals surface area contributed by atoms with Crippen molar-refractivity contribution in [2.45, 2.75) is 43.2 Å². The van der Waals surface area contributed by atoms with Crippen molar-refractivity contribution in [1.82, 2.24) is 10.0 Å². The highest BCUT2D eigenvalue weighted by molar-refractivity contribution is 7.89. The van der Waals surface area contributed by atoms with Gasteiger partial charge in [0.25, 0.3) is 5.91 Å². The molecule has 7 heteroatoms. The van der Waals surface area contributed by atoms with Crippen molar-refractivity contribution in [2.75, 3.05) is 6.61 Å². The molecular formula is C24H26N2O4S. The third-order valence-electron chi connectivity index (χ3n) is 5.54. The van der Waals surface area contributed by atoms with E-state index in [1.54, 1.807) is 12.1 Å². The summed E-state index contributed by atoms with van der Waals surface area (Å²) in [6.07, 6.45) is 3.88. The first-order valence-electron chi connectivity index (χ1n) is 10.5. The van der Waals surface area contributed by atoms with Crippen LogP contribution in [0.2, 0.25) is 0 Å². The van der Waals surface area contributed by atoms with Crippen molar-refractivity contribution < 1.29 is 17.9 Å². The van der Waals surface area contributed by atoms with Crippen molar-refractivity contribution in [3.05, 3.63) is 72.3 Å². The van der Waals surface area contributed by atoms with Crippen LogP contribution in [0.1, 0.15) is 31.2 Å². The molecule has 0 atom stereocenters. The summed E-state index contributed by atoms with van der Waals surface area (Å²) in [6, 6.07) is 20.2. The molecule has 0 bridgehead atoms. The van der Waals surface area contributed by atoms with Gasteiger partial charge in [0.15, 0.2) is 6.61 Å². The van der Waals surface area contributed by atoms with Gasteiger partial charge in [0, 0.05) is 12.6 Å². The minimum absolute atomic E-state index is 0.0198. The molecule has 0 heterocycles. The number of rotatable bonds is 8. The van der Waals surface area contributed by atoms with Crippen LogP contribution in [0.4, 0.5) is 0 Å². The van der Waals surface area contributed by atoms with E-state index in [0.29, 0.717) is 12.3 Å². The quantitative estimate of drug-likeness (QED) is 0.561. The fourth-order valence-corrected chi connectivity index (χ4v) is 5.19. The van der Waals surface area contributed by atoms with Crippen LogP contribution in [0.25, 0.3) is 10.8 Å². The monoisotopic (exact) mass is 438 g/mol. The van der Waals surface area contributed by atoms with Crippen LogP contribution in [0.15, 0.2) is 71.6 Å². The van der Waals surface area contributed by atoms with Gasteiger partial charge >= 0.3 is 0 Å². The number of fused-ring (bicyclic) bond motifs is 1. The van der Waals surface area contributed by atoms with Crippen molar-refractivity contribution in [3.8, 4) is 5.75 Å². The number of amides is 1. The number of sulfonamides is 1. The predicted molar refractivity (Wildman–Crippen MR) is 120 cm³/mol. The van der Waals surface area contributed by atoms with Crippen LogP contribution in [0, 0.1) is 0 Å². The molecule has 0 saturated heterocycles. The molecule has 162 valence electrons. The molecule has 1 amide bonds. The molecule has 0 aliphatic heterocycles. The highest BCUT2D eigenvalue weighted by Crippen LogP contribution is 2.22. The zero-order valence-electron chi connectivity index (χ0n) is 17.2. The molecule has 4 rings (SSSR count). The molecule has 3 aromatic rings. The summed E-state index contributed by atoms with van der Waals surface area (Å²) in [5, 5.41) is 5.10. The minimum atomic E-state index is -3.53. The molecule has 31 heavy (non-hydrogen) atoms. The van der Waals surface area contributed by atoms with Gasteiger partial charge in [-0.05, 0) is 53.4 Å². The van der Waals surface area contributed by atoms with Crippen molar-refractivity contribution in [2.24, 2.45) is 0 Å². The fourth-order valence-electron chi connectivity index (χ4n) is 3.89. The molecule has 0 radical (unpaired) electrons. The molecule has 2 N–H and O–H groups in total. The highest BCUT2D eigenvalue weighted by atomic mass is 32.2. The number of benzene rings is 3. The van der Waals surface area contributed by atoms with Crippen molar-refractivity contribution in [3.63, 3.8) is 0 Å². The first-order valence-corrected chi connectivity index (χ1v) is 12.0. The second-order valence-corrected chi connectivity index (χ2v) is 9.49. The lowest BCUT2D eigenvalue weighted by molar-refractivity contribution is -0.123. The SMILES string of the molecule is O=C(COc1ccc(S(=O)(=O)NC2CCCC2)cc1)NCc1cccc2ccccc12. The van der Waals surface area contributed by atoms with Gasteiger partial charge in [0.05, 0.1) is 4.90 Å². The number of hydrogen-bond donors (Lipinski definition) is 2. The Morgan fingerprint density at radius 2 is 1.65 bits per heavy atom. The molecule has 1 fully saturated rings. The average molecular weight is 439 g/mol. The maximum absolute atomic E-state index is 12.5. The Kier molecular flexibility index (Phi) is 6.53. The first kappa shape index (κ1) is 21.3. The van der Waals surface area contributed by atoms with Crippen LogP contribution in [0.3, 0.4) is 0 Å². The Bertz CT molecular complexity index is 1150. The lowest BCUT2D eigenvalue weighted by atomic mass is 10.0. The maximum atomic E-state index is 12.5. The Labute approximate surface area is 182 Å². The molecule has 1 aliphatic carbocycles. The van der Waals surface area contributed by atoms with E-state index < -0.39 is 10.0 Å². The van der Waals surface area contributed by atoms with Crippen LogP contribution in [-0.2, 0) is 21.4 Å². The van der Waals surface area contributed by atoms with E-state index in [9.17, 15) is 13.2 Å². The molecule has 0 aromatic heterocycles. The standard InChI is InChI=1S/C24H26N2O4S/c27-24(25-16-19-8-5-7-18-6-1-4-11-23(18)19)17-30-21-12-14-22(15-13-21)31(28,29)26-20-9-2-3-10-20/h1,4-8,11-15,20,26H,2-3,9-10,16-17H2,(H,25,27). The molecular weight excluding hydrogens is 412 g/mol. The second kappa shape index (κ2) is 9.49. The topological polar surface area (TPSA) is 84.5 Å². The van der Waals surface area contributed by atoms with E-state index in [-0.39, 0.29) is 23.5 Å². The number of nitrogens with one attached hydrogen (secondary N) is 2. The van der Waals surface area contributed by atoms with E-state index in [1.807, 2.05) is 42.5 Å². The Hall–Kier alpha value is -2.90. The molecule has 3 aromatic carbocycles. The summed E-state index contributed by atoms with van der Waals surface area (Å²) in [5.41, 5.74) is 1.04. The third kappa shape index (κ3) is 5.42. The first-order chi connectivity index (χ1) is 15.0. The van der Waals surface area contributed by atoms with Crippen LogP contribution >= 0.6 is 0 Å². The Balaban J connectivity index is 1.29. The van der Waals surface area contributed by atoms with Gasteiger partial charge in [0.1, 0.15) is 5.75 Å². The zero-order chi connectivity index (χ0) is 21.7. The smallest absolute Gasteiger partial charge is 0.258 e. The average Bonchev–Trinajstić information content (AvgIpc) is 3.29. The Morgan fingerprint density at radius 3 is 2.42 bits per heavy atom. The van der Waals surface area contributed by atoms with Gasteiger partial charge in [-0.15, -0.1) is 0 Å². The van der Waals surface area contributed by atoms with Crippen molar-refractivity contribution >= 4 is 26.7 Å². The summed E-state index contributed by atoms with van der Waals surface area (Å²) in [5.74, 6) is 0.202. The molecule has 6 nitrogen and oxygen atoms in total. The van der Waals surface area contributed by atoms with Gasteiger partial charge in [-0.1, -0.05) is 55.3 Å². The van der Waals surface area contributed by atoms with Gasteiger partial charge < -0.3 is 10.1 Å². The number of hydrogen-bond acceptors (Lipinski definition) is 4. The minimum Gasteiger partial charge on any atom is -0.484 e. The van der Waals surface area contributed by atoms with Gasteiger partial charge in [0.2, 0.25) is 10.0 Å². The highest BCUT2D eigenvalue weighted by Gasteiger charge is 2.22. The largest absolute Gasteiger partial charge is 0.484 e. The van der Waals surface area contributed by atoms with Gasteiger partial charge in [-0.25, -0.2) is 13.1 Å². The van der Waals surface area contributed by atoms with Crippen LogP contribution in [0.5, 0.6) is 5.75 Å². The predicted octanol–water partition coefficient (Wildman–Crippen LogP) is 3.76. The van der Waals surface area contributed by atoms with Gasteiger partial charge in [-0.2, -0.15) is 0 Å². The number of carbonyl (C=O) groups is 1. The van der Waals surface area contributed by atoms with E-state index in [1.165, 1.54) is 12.1 Å². The maximum Gasteiger partial charge on any atom is 0.258 e. The normalized spacial score (nSPS) is 14.6. The van der Waals surface area contributed by atoms with Gasteiger partial charge in [-0.3, -0.25) is 4.79 Å². The van der Waals surface area contributed by atoms with Crippen LogP contribution in [-0.4, -0.2) is 27.0 Å². The summed E-state index contributed by atoms with van der Waals surface area (Å²) >= 11 is 0. The third-order valence-corrected chi connectivity index (χ3v) is 7.07. The lowest BCUT2D eigenvalue weighted by Gasteiger charge is -2.13. The van der Waals surface area contributed by atoms with E-state index in [2.05, 4.69) is 10.0 Å². The summed E-state index contributed by atoms with van der Waals surface area (Å²) in [4.78, 5) is 12.4. The number of carbonyl (C=O) groups excluding carboxylic acids is 1. The summed E-state index contributed by atoms with van der Waals surface area (Å²) in [7, 11) is -3.53. The molecule has 1 saturated carbocycles. The summed E-state index contributed by atoms with van der Waals surface area (Å²) in [6.45, 7) is 0.269. The Morgan fingerprint density at radius 1 is 0.935 bits per heavy atom. The number of ether oxygens (including phenoxy) is 1. The van der Waals surface area contributed by atoms with Crippen LogP contribution < -0.4 is 14.8 Å². The molecule has 0 spiro atoms. The van der Waals surface area contributed by atoms with E-state index in [0.717, 1.165) is 42.0 Å². The summed E-state index contributed by atoms with van der Waals surface area (Å²) < 4.78 is 33.2. The van der Waals surface area contributed by atoms with E-state index in [4.69, 9.17) is 4.74 Å². The van der Waals surface area contributed by atoms with E-state index >= 15 is 0 Å². The lowest BCUT2D eigenvalue weighted by Crippen LogP contribution is -2.32. The fraction of sp³-hybridized carbons (Fsp3) is 0.292. The molecule has 0 unspecified atom stereocenters.